The zero-order valence-corrected chi connectivity index (χ0v) is 10.3. The second-order valence-electron chi connectivity index (χ2n) is 1.28. The molecule has 0 aliphatic heterocycles. The van der Waals surface area contributed by atoms with Crippen molar-refractivity contribution in [1.29, 1.82) is 0 Å². The van der Waals surface area contributed by atoms with E-state index in [4.69, 9.17) is 6.48 Å². The Bertz CT molecular complexity index is 171. The van der Waals surface area contributed by atoms with Crippen molar-refractivity contribution in [1.82, 2.24) is 0 Å². The van der Waals surface area contributed by atoms with Crippen LogP contribution in [-0.2, 0) is 9.59 Å². The van der Waals surface area contributed by atoms with Crippen LogP contribution in [0, 0.1) is 0 Å². The molecule has 0 rings (SSSR count). The number of rotatable bonds is 3. The van der Waals surface area contributed by atoms with Gasteiger partial charge in [0.15, 0.2) is 0 Å². The molecule has 0 amide bonds. The first kappa shape index (κ1) is 14.4. The maximum atomic E-state index is 9.72. The molecule has 0 saturated heterocycles. The van der Waals surface area contributed by atoms with Gasteiger partial charge in [0.1, 0.15) is 0 Å². The van der Waals surface area contributed by atoms with Crippen LogP contribution in [-0.4, -0.2) is 23.1 Å². The molecular formula is C4H4Na2O5. The molecule has 0 aromatic carbocycles. The molecule has 0 heterocycles. The van der Waals surface area contributed by atoms with Crippen molar-refractivity contribution >= 4 is 11.9 Å². The monoisotopic (exact) mass is 179 g/mol. The van der Waals surface area contributed by atoms with Gasteiger partial charge in [-0.05, 0) is 0 Å². The maximum Gasteiger partial charge on any atom is 1.00 e. The normalized spacial score (nSPS) is 14.5. The summed E-state index contributed by atoms with van der Waals surface area (Å²) in [5, 5.41) is 27.7. The van der Waals surface area contributed by atoms with E-state index in [-0.39, 0.29) is 59.1 Å². The maximum absolute atomic E-state index is 9.72. The zero-order valence-electron chi connectivity index (χ0n) is 7.29. The van der Waals surface area contributed by atoms with Crippen LogP contribution in [0.1, 0.15) is 7.79 Å². The molecular weight excluding hydrogens is 174 g/mol. The Morgan fingerprint density at radius 3 is 1.91 bits per heavy atom. The fourth-order valence-corrected chi connectivity index (χ4v) is 0.209. The average Bonchev–Trinajstić information content (AvgIpc) is 1.60. The molecule has 1 atom stereocenters. The molecule has 7 heteroatoms. The van der Waals surface area contributed by atoms with Crippen LogP contribution in [0.15, 0.2) is 0 Å². The molecule has 0 fully saturated rings. The van der Waals surface area contributed by atoms with Crippen molar-refractivity contribution in [2.24, 2.45) is 0 Å². The quantitative estimate of drug-likeness (QED) is 0.433. The fourth-order valence-electron chi connectivity index (χ4n) is 0.209. The van der Waals surface area contributed by atoms with Crippen LogP contribution in [0.4, 0.5) is 0 Å². The second kappa shape index (κ2) is 8.99. The topological polar surface area (TPSA) is 100 Å². The van der Waals surface area contributed by atoms with Gasteiger partial charge in [0.05, 0.1) is 13.4 Å². The third kappa shape index (κ3) is 10.9. The molecule has 0 aliphatic carbocycles. The summed E-state index contributed by atoms with van der Waals surface area (Å²) in [7, 11) is 0. The Labute approximate surface area is 109 Å². The number of carbonyl (C=O) groups is 2. The molecule has 11 heavy (non-hydrogen) atoms. The van der Waals surface area contributed by atoms with Gasteiger partial charge in [-0.15, -0.1) is 0 Å². The summed E-state index contributed by atoms with van der Waals surface area (Å²) >= 11 is 0. The minimum absolute atomic E-state index is 0. The summed E-state index contributed by atoms with van der Waals surface area (Å²) in [5.41, 5.74) is 0. The van der Waals surface area contributed by atoms with Gasteiger partial charge >= 0.3 is 59.1 Å². The van der Waals surface area contributed by atoms with Gasteiger partial charge in [-0.2, -0.15) is 0 Å². The van der Waals surface area contributed by atoms with Gasteiger partial charge in [-0.3, -0.25) is 0 Å². The van der Waals surface area contributed by atoms with Crippen LogP contribution in [0.25, 0.3) is 0 Å². The Kier molecular flexibility index (Phi) is 11.8. The first-order valence-corrected chi connectivity index (χ1v) is 2.00. The van der Waals surface area contributed by atoms with Crippen molar-refractivity contribution in [2.45, 2.75) is 12.5 Å². The minimum atomic E-state index is -3.08. The Hall–Kier alpha value is 0.900. The molecule has 0 bridgehead atoms. The minimum Gasteiger partial charge on any atom is -0.550 e. The number of carbonyl (C=O) groups excluding carboxylic acids is 2. The third-order valence-corrected chi connectivity index (χ3v) is 0.547. The number of aliphatic carboxylic acids is 2. The predicted octanol–water partition coefficient (Wildman–Crippen LogP) is -9.75. The number of aliphatic hydroxyl groups is 1. The molecule has 0 spiro atoms. The van der Waals surface area contributed by atoms with E-state index in [1.807, 2.05) is 0 Å². The molecule has 0 aromatic heterocycles. The Morgan fingerprint density at radius 2 is 1.82 bits per heavy atom. The van der Waals surface area contributed by atoms with Gasteiger partial charge in [0.2, 0.25) is 0 Å². The standard InChI is InChI=1S/C4H6O5.2Na/c5-2(4(8)9)1-3(6)7;;/h2,5H,1H2,(H,6,7)(H,8,9);;/q;2*+1/p-2/i2D;;. The SMILES string of the molecule is [2H]C(O)(CC(=O)[O-])C(=O)[O-].[Na+].[Na+]. The number of hydrogen-bond acceptors (Lipinski definition) is 5. The van der Waals surface area contributed by atoms with Crippen LogP contribution in [0.5, 0.6) is 0 Å². The number of carboxylic acids is 2. The summed E-state index contributed by atoms with van der Waals surface area (Å²) in [5.74, 6) is -3.97. The van der Waals surface area contributed by atoms with Gasteiger partial charge in [-0.1, -0.05) is 0 Å². The molecule has 52 valence electrons. The molecule has 1 unspecified atom stereocenters. The summed E-state index contributed by atoms with van der Waals surface area (Å²) in [6.45, 7) is 0. The molecule has 0 aliphatic rings. The zero-order chi connectivity index (χ0) is 8.36. The molecule has 1 N–H and O–H groups in total. The Balaban J connectivity index is -0.000000405. The number of hydrogen-bond donors (Lipinski definition) is 1. The van der Waals surface area contributed by atoms with Crippen molar-refractivity contribution in [2.75, 3.05) is 0 Å². The van der Waals surface area contributed by atoms with Gasteiger partial charge < -0.3 is 24.9 Å². The first-order chi connectivity index (χ1) is 4.36. The smallest absolute Gasteiger partial charge is 0.550 e. The van der Waals surface area contributed by atoms with E-state index in [2.05, 4.69) is 0 Å². The average molecular weight is 179 g/mol. The fraction of sp³-hybridized carbons (Fsp3) is 0.500. The van der Waals surface area contributed by atoms with Gasteiger partial charge in [-0.25, -0.2) is 0 Å². The summed E-state index contributed by atoms with van der Waals surface area (Å²) < 4.78 is 6.38. The molecule has 0 saturated carbocycles. The van der Waals surface area contributed by atoms with Crippen molar-refractivity contribution in [3.05, 3.63) is 0 Å². The first-order valence-electron chi connectivity index (χ1n) is 2.50. The largest absolute Gasteiger partial charge is 1.00 e. The molecule has 5 nitrogen and oxygen atoms in total. The van der Waals surface area contributed by atoms with Crippen LogP contribution in [0.2, 0.25) is 0 Å². The van der Waals surface area contributed by atoms with Crippen LogP contribution < -0.4 is 69.3 Å². The summed E-state index contributed by atoms with van der Waals surface area (Å²) in [6.07, 6.45) is -4.38. The van der Waals surface area contributed by atoms with E-state index in [0.717, 1.165) is 0 Å². The second-order valence-corrected chi connectivity index (χ2v) is 1.28. The third-order valence-electron chi connectivity index (χ3n) is 0.547. The summed E-state index contributed by atoms with van der Waals surface area (Å²) in [4.78, 5) is 19.4. The van der Waals surface area contributed by atoms with Crippen molar-refractivity contribution in [3.8, 4) is 0 Å². The summed E-state index contributed by atoms with van der Waals surface area (Å²) in [6, 6.07) is 0. The van der Waals surface area contributed by atoms with E-state index in [1.54, 1.807) is 0 Å². The Morgan fingerprint density at radius 1 is 1.45 bits per heavy atom. The van der Waals surface area contributed by atoms with Crippen LogP contribution >= 0.6 is 0 Å². The molecule has 0 radical (unpaired) electrons. The number of carboxylic acid groups (broad SMARTS) is 2. The van der Waals surface area contributed by atoms with E-state index in [0.29, 0.717) is 0 Å². The van der Waals surface area contributed by atoms with E-state index in [9.17, 15) is 19.8 Å². The van der Waals surface area contributed by atoms with Gasteiger partial charge in [0, 0.05) is 12.4 Å². The van der Waals surface area contributed by atoms with Crippen molar-refractivity contribution < 1.29 is 85.4 Å². The molecule has 0 aromatic rings. The van der Waals surface area contributed by atoms with E-state index >= 15 is 0 Å². The van der Waals surface area contributed by atoms with Crippen LogP contribution in [0.3, 0.4) is 0 Å². The van der Waals surface area contributed by atoms with Crippen molar-refractivity contribution in [3.63, 3.8) is 0 Å². The predicted molar refractivity (Wildman–Crippen MR) is 20.6 cm³/mol. The van der Waals surface area contributed by atoms with E-state index < -0.39 is 24.4 Å². The van der Waals surface area contributed by atoms with E-state index in [1.165, 1.54) is 0 Å². The van der Waals surface area contributed by atoms with Gasteiger partial charge in [0.25, 0.3) is 0 Å².